The fourth-order valence-electron chi connectivity index (χ4n) is 1.81. The van der Waals surface area contributed by atoms with Crippen LogP contribution in [0, 0.1) is 0 Å². The summed E-state index contributed by atoms with van der Waals surface area (Å²) < 4.78 is 5.42. The number of hydrogen-bond donors (Lipinski definition) is 2. The SMILES string of the molecule is CCCCOCCCNC(=O)N(CCCC(=O)O)C(C)C. The molecule has 0 unspecified atom stereocenters. The number of carbonyl (C=O) groups is 2. The molecule has 0 rings (SSSR count). The van der Waals surface area contributed by atoms with E-state index in [2.05, 4.69) is 12.2 Å². The van der Waals surface area contributed by atoms with Gasteiger partial charge in [0.1, 0.15) is 0 Å². The molecule has 2 amide bonds. The molecule has 0 fully saturated rings. The van der Waals surface area contributed by atoms with Crippen LogP contribution in [0.3, 0.4) is 0 Å². The van der Waals surface area contributed by atoms with E-state index in [1.807, 2.05) is 13.8 Å². The molecule has 0 aromatic carbocycles. The van der Waals surface area contributed by atoms with Gasteiger partial charge in [-0.3, -0.25) is 4.79 Å². The van der Waals surface area contributed by atoms with E-state index < -0.39 is 5.97 Å². The first kappa shape index (κ1) is 19.7. The van der Waals surface area contributed by atoms with Crippen LogP contribution in [0.4, 0.5) is 4.79 Å². The number of aliphatic carboxylic acids is 1. The van der Waals surface area contributed by atoms with Gasteiger partial charge in [0.25, 0.3) is 0 Å². The van der Waals surface area contributed by atoms with Crippen molar-refractivity contribution in [3.63, 3.8) is 0 Å². The van der Waals surface area contributed by atoms with Gasteiger partial charge >= 0.3 is 12.0 Å². The van der Waals surface area contributed by atoms with Crippen molar-refractivity contribution in [2.45, 2.75) is 58.9 Å². The van der Waals surface area contributed by atoms with Crippen LogP contribution in [-0.4, -0.2) is 54.4 Å². The van der Waals surface area contributed by atoms with Crippen LogP contribution in [0.15, 0.2) is 0 Å². The predicted molar refractivity (Wildman–Crippen MR) is 82.5 cm³/mol. The summed E-state index contributed by atoms with van der Waals surface area (Å²) in [5.74, 6) is -0.830. The zero-order chi connectivity index (χ0) is 16.1. The Kier molecular flexibility index (Phi) is 11.7. The molecular weight excluding hydrogens is 272 g/mol. The lowest BCUT2D eigenvalue weighted by atomic mass is 10.2. The van der Waals surface area contributed by atoms with Crippen LogP contribution in [0.1, 0.15) is 52.9 Å². The second kappa shape index (κ2) is 12.4. The van der Waals surface area contributed by atoms with Gasteiger partial charge in [0.15, 0.2) is 0 Å². The molecule has 0 aliphatic heterocycles. The molecule has 0 aromatic heterocycles. The van der Waals surface area contributed by atoms with E-state index in [1.165, 1.54) is 0 Å². The minimum atomic E-state index is -0.830. The Balaban J connectivity index is 3.83. The second-order valence-corrected chi connectivity index (χ2v) is 5.34. The molecule has 124 valence electrons. The molecule has 0 saturated heterocycles. The number of nitrogens with zero attached hydrogens (tertiary/aromatic N) is 1. The number of amides is 2. The number of carboxylic acid groups (broad SMARTS) is 1. The van der Waals surface area contributed by atoms with Crippen molar-refractivity contribution in [1.82, 2.24) is 10.2 Å². The molecule has 0 spiro atoms. The first-order chi connectivity index (χ1) is 9.99. The third-order valence-corrected chi connectivity index (χ3v) is 3.06. The predicted octanol–water partition coefficient (Wildman–Crippen LogP) is 2.48. The van der Waals surface area contributed by atoms with Crippen LogP contribution in [-0.2, 0) is 9.53 Å². The average molecular weight is 302 g/mol. The maximum atomic E-state index is 12.0. The number of hydrogen-bond acceptors (Lipinski definition) is 3. The number of urea groups is 1. The van der Waals surface area contributed by atoms with Crippen molar-refractivity contribution in [2.24, 2.45) is 0 Å². The smallest absolute Gasteiger partial charge is 0.317 e. The highest BCUT2D eigenvalue weighted by molar-refractivity contribution is 5.74. The van der Waals surface area contributed by atoms with E-state index in [4.69, 9.17) is 9.84 Å². The van der Waals surface area contributed by atoms with Gasteiger partial charge in [-0.05, 0) is 33.1 Å². The summed E-state index contributed by atoms with van der Waals surface area (Å²) in [5.41, 5.74) is 0. The Morgan fingerprint density at radius 1 is 1.19 bits per heavy atom. The minimum Gasteiger partial charge on any atom is -0.481 e. The van der Waals surface area contributed by atoms with E-state index in [-0.39, 0.29) is 18.5 Å². The third kappa shape index (κ3) is 11.1. The topological polar surface area (TPSA) is 78.9 Å². The maximum absolute atomic E-state index is 12.0. The highest BCUT2D eigenvalue weighted by Crippen LogP contribution is 2.02. The van der Waals surface area contributed by atoms with Crippen molar-refractivity contribution in [3.05, 3.63) is 0 Å². The highest BCUT2D eigenvalue weighted by Gasteiger charge is 2.16. The van der Waals surface area contributed by atoms with Gasteiger partial charge in [-0.1, -0.05) is 13.3 Å². The molecule has 6 nitrogen and oxygen atoms in total. The van der Waals surface area contributed by atoms with E-state index in [9.17, 15) is 9.59 Å². The van der Waals surface area contributed by atoms with Crippen LogP contribution in [0.25, 0.3) is 0 Å². The van der Waals surface area contributed by atoms with Crippen molar-refractivity contribution in [1.29, 1.82) is 0 Å². The molecule has 0 aliphatic carbocycles. The van der Waals surface area contributed by atoms with Crippen molar-refractivity contribution < 1.29 is 19.4 Å². The first-order valence-electron chi connectivity index (χ1n) is 7.83. The number of carbonyl (C=O) groups excluding carboxylic acids is 1. The lowest BCUT2D eigenvalue weighted by molar-refractivity contribution is -0.137. The first-order valence-corrected chi connectivity index (χ1v) is 7.83. The van der Waals surface area contributed by atoms with Gasteiger partial charge in [-0.25, -0.2) is 4.79 Å². The van der Waals surface area contributed by atoms with E-state index in [0.717, 1.165) is 25.9 Å². The molecule has 0 atom stereocenters. The van der Waals surface area contributed by atoms with Gasteiger partial charge in [-0.2, -0.15) is 0 Å². The number of rotatable bonds is 12. The summed E-state index contributed by atoms with van der Waals surface area (Å²) in [6.07, 6.45) is 3.53. The normalized spacial score (nSPS) is 10.7. The van der Waals surface area contributed by atoms with Crippen LogP contribution in [0.5, 0.6) is 0 Å². The Bertz CT molecular complexity index is 295. The lowest BCUT2D eigenvalue weighted by Crippen LogP contribution is -2.45. The van der Waals surface area contributed by atoms with Gasteiger partial charge in [-0.15, -0.1) is 0 Å². The molecule has 0 heterocycles. The summed E-state index contributed by atoms with van der Waals surface area (Å²) in [5, 5.41) is 11.5. The van der Waals surface area contributed by atoms with Crippen LogP contribution < -0.4 is 5.32 Å². The zero-order valence-electron chi connectivity index (χ0n) is 13.6. The van der Waals surface area contributed by atoms with Gasteiger partial charge in [0.05, 0.1) is 0 Å². The zero-order valence-corrected chi connectivity index (χ0v) is 13.6. The fraction of sp³-hybridized carbons (Fsp3) is 0.867. The van der Waals surface area contributed by atoms with Crippen LogP contribution >= 0.6 is 0 Å². The minimum absolute atomic E-state index is 0.0552. The average Bonchev–Trinajstić information content (AvgIpc) is 2.41. The Morgan fingerprint density at radius 2 is 1.86 bits per heavy atom. The van der Waals surface area contributed by atoms with Crippen molar-refractivity contribution in [2.75, 3.05) is 26.3 Å². The second-order valence-electron chi connectivity index (χ2n) is 5.34. The van der Waals surface area contributed by atoms with E-state index >= 15 is 0 Å². The number of carboxylic acids is 1. The molecule has 0 aliphatic rings. The molecular formula is C15H30N2O4. The molecule has 0 aromatic rings. The molecule has 0 radical (unpaired) electrons. The number of unbranched alkanes of at least 4 members (excludes halogenated alkanes) is 1. The summed E-state index contributed by atoms with van der Waals surface area (Å²) in [7, 11) is 0. The van der Waals surface area contributed by atoms with Crippen molar-refractivity contribution in [3.8, 4) is 0 Å². The van der Waals surface area contributed by atoms with Gasteiger partial charge < -0.3 is 20.1 Å². The summed E-state index contributed by atoms with van der Waals surface area (Å²) in [4.78, 5) is 24.2. The monoisotopic (exact) mass is 302 g/mol. The largest absolute Gasteiger partial charge is 0.481 e. The Labute approximate surface area is 127 Å². The molecule has 21 heavy (non-hydrogen) atoms. The van der Waals surface area contributed by atoms with Gasteiger partial charge in [0, 0.05) is 38.8 Å². The maximum Gasteiger partial charge on any atom is 0.317 e. The highest BCUT2D eigenvalue weighted by atomic mass is 16.5. The lowest BCUT2D eigenvalue weighted by Gasteiger charge is -2.26. The quantitative estimate of drug-likeness (QED) is 0.543. The summed E-state index contributed by atoms with van der Waals surface area (Å²) >= 11 is 0. The van der Waals surface area contributed by atoms with E-state index in [1.54, 1.807) is 4.90 Å². The van der Waals surface area contributed by atoms with E-state index in [0.29, 0.717) is 26.1 Å². The fourth-order valence-corrected chi connectivity index (χ4v) is 1.81. The number of nitrogens with one attached hydrogen (secondary N) is 1. The molecule has 0 bridgehead atoms. The summed E-state index contributed by atoms with van der Waals surface area (Å²) in [6, 6.07) is -0.0800. The van der Waals surface area contributed by atoms with Crippen LogP contribution in [0.2, 0.25) is 0 Å². The molecule has 2 N–H and O–H groups in total. The third-order valence-electron chi connectivity index (χ3n) is 3.06. The molecule has 0 saturated carbocycles. The van der Waals surface area contributed by atoms with Gasteiger partial charge in [0.2, 0.25) is 0 Å². The Hall–Kier alpha value is -1.30. The number of ether oxygens (including phenoxy) is 1. The Morgan fingerprint density at radius 3 is 2.43 bits per heavy atom. The molecule has 6 heteroatoms. The standard InChI is InChI=1S/C15H30N2O4/c1-4-5-11-21-12-7-9-16-15(20)17(13(2)3)10-6-8-14(18)19/h13H,4-12H2,1-3H3,(H,16,20)(H,18,19). The summed E-state index contributed by atoms with van der Waals surface area (Å²) in [6.45, 7) is 8.44. The van der Waals surface area contributed by atoms with Crippen molar-refractivity contribution >= 4 is 12.0 Å².